The molecule has 0 spiro atoms. The van der Waals surface area contributed by atoms with Gasteiger partial charge in [-0.15, -0.1) is 11.3 Å². The van der Waals surface area contributed by atoms with Crippen molar-refractivity contribution in [1.29, 1.82) is 0 Å². The Balaban J connectivity index is 1.86. The third kappa shape index (κ3) is 5.42. The van der Waals surface area contributed by atoms with Gasteiger partial charge in [0.15, 0.2) is 6.79 Å². The Bertz CT molecular complexity index is 1440. The predicted molar refractivity (Wildman–Crippen MR) is 128 cm³/mol. The number of methoxy groups -OCH3 is 1. The van der Waals surface area contributed by atoms with Gasteiger partial charge < -0.3 is 18.9 Å². The van der Waals surface area contributed by atoms with Crippen LogP contribution in [0.2, 0.25) is 0 Å². The maximum Gasteiger partial charge on any atom is 0.333 e. The summed E-state index contributed by atoms with van der Waals surface area (Å²) in [6.07, 6.45) is 2.95. The molecule has 1 aliphatic heterocycles. The molecule has 0 fully saturated rings. The van der Waals surface area contributed by atoms with Crippen LogP contribution in [0.25, 0.3) is 12.2 Å². The molecular formula is C24H22N2O8S. The number of carbonyl (C=O) groups is 1. The lowest BCUT2D eigenvalue weighted by Crippen LogP contribution is -2.32. The molecule has 0 aliphatic carbocycles. The largest absolute Gasteiger partial charge is 0.497 e. The first-order valence-corrected chi connectivity index (χ1v) is 11.5. The zero-order valence-corrected chi connectivity index (χ0v) is 19.8. The molecule has 182 valence electrons. The van der Waals surface area contributed by atoms with Gasteiger partial charge in [-0.1, -0.05) is 12.1 Å². The Kier molecular flexibility index (Phi) is 7.28. The van der Waals surface area contributed by atoms with E-state index < -0.39 is 10.9 Å². The molecule has 0 saturated heterocycles. The summed E-state index contributed by atoms with van der Waals surface area (Å²) in [5, 5.41) is 11.5. The number of fused-ring (bicyclic) bond motifs is 1. The number of rotatable bonds is 7. The van der Waals surface area contributed by atoms with Crippen LogP contribution >= 0.6 is 11.3 Å². The number of thiazole rings is 1. The number of ether oxygens (including phenoxy) is 4. The van der Waals surface area contributed by atoms with Gasteiger partial charge in [0.2, 0.25) is 0 Å². The summed E-state index contributed by atoms with van der Waals surface area (Å²) in [5.74, 6) is 0.522. The molecule has 10 nitrogen and oxygen atoms in total. The maximum atomic E-state index is 13.4. The van der Waals surface area contributed by atoms with Crippen LogP contribution < -0.4 is 24.2 Å². The molecular weight excluding hydrogens is 476 g/mol. The highest BCUT2D eigenvalue weighted by Gasteiger charge is 2.22. The summed E-state index contributed by atoms with van der Waals surface area (Å²) < 4.78 is 23.2. The number of nitrogens with zero attached hydrogens (tertiary/aromatic N) is 2. The van der Waals surface area contributed by atoms with Crippen molar-refractivity contribution in [3.63, 3.8) is 0 Å². The predicted octanol–water partition coefficient (Wildman–Crippen LogP) is 1.91. The lowest BCUT2D eigenvalue weighted by molar-refractivity contribution is -0.385. The van der Waals surface area contributed by atoms with Crippen molar-refractivity contribution >= 4 is 35.1 Å². The minimum absolute atomic E-state index is 0.00531. The fourth-order valence-electron chi connectivity index (χ4n) is 3.60. The van der Waals surface area contributed by atoms with Crippen molar-refractivity contribution < 1.29 is 28.7 Å². The number of aromatic nitrogens is 1. The van der Waals surface area contributed by atoms with Crippen molar-refractivity contribution in [2.45, 2.75) is 20.1 Å². The number of esters is 1. The summed E-state index contributed by atoms with van der Waals surface area (Å²) in [6, 6.07) is 9.93. The molecule has 0 bridgehead atoms. The van der Waals surface area contributed by atoms with Crippen LogP contribution in [-0.4, -0.2) is 36.0 Å². The summed E-state index contributed by atoms with van der Waals surface area (Å²) >= 11 is 1.12. The summed E-state index contributed by atoms with van der Waals surface area (Å²) in [7, 11) is 1.57. The smallest absolute Gasteiger partial charge is 0.333 e. The van der Waals surface area contributed by atoms with Gasteiger partial charge in [0.25, 0.3) is 11.2 Å². The van der Waals surface area contributed by atoms with Gasteiger partial charge in [-0.05, 0) is 30.7 Å². The van der Waals surface area contributed by atoms with Crippen molar-refractivity contribution in [3.8, 4) is 11.5 Å². The highest BCUT2D eigenvalue weighted by atomic mass is 32.1. The van der Waals surface area contributed by atoms with E-state index in [-0.39, 0.29) is 37.8 Å². The van der Waals surface area contributed by atoms with E-state index in [0.717, 1.165) is 16.9 Å². The minimum Gasteiger partial charge on any atom is -0.497 e. The SMILES string of the molecule is CCOC(=O)/C=c1\s/c(=C\c2ccc(OC)cc2)c(=O)n1Cc1cc([N+](=O)[O-])cc2c1OCOC2. The van der Waals surface area contributed by atoms with Crippen LogP contribution in [0, 0.1) is 10.1 Å². The van der Waals surface area contributed by atoms with Crippen LogP contribution in [0.1, 0.15) is 23.6 Å². The lowest BCUT2D eigenvalue weighted by Gasteiger charge is -2.20. The fourth-order valence-corrected chi connectivity index (χ4v) is 4.63. The number of benzene rings is 2. The third-order valence-corrected chi connectivity index (χ3v) is 6.25. The second-order valence-corrected chi connectivity index (χ2v) is 8.53. The van der Waals surface area contributed by atoms with Crippen LogP contribution in [0.5, 0.6) is 11.5 Å². The Hall–Kier alpha value is -3.96. The van der Waals surface area contributed by atoms with E-state index in [1.165, 1.54) is 22.8 Å². The normalized spacial score (nSPS) is 13.8. The zero-order valence-electron chi connectivity index (χ0n) is 19.0. The average molecular weight is 499 g/mol. The van der Waals surface area contributed by atoms with Gasteiger partial charge in [0, 0.05) is 23.3 Å². The van der Waals surface area contributed by atoms with E-state index in [2.05, 4.69) is 0 Å². The van der Waals surface area contributed by atoms with Gasteiger partial charge in [0.05, 0.1) is 42.4 Å². The van der Waals surface area contributed by atoms with E-state index >= 15 is 0 Å². The second-order valence-electron chi connectivity index (χ2n) is 7.47. The molecule has 0 N–H and O–H groups in total. The maximum absolute atomic E-state index is 13.4. The zero-order chi connectivity index (χ0) is 24.9. The van der Waals surface area contributed by atoms with Gasteiger partial charge in [-0.2, -0.15) is 0 Å². The molecule has 0 radical (unpaired) electrons. The van der Waals surface area contributed by atoms with E-state index in [4.69, 9.17) is 18.9 Å². The highest BCUT2D eigenvalue weighted by Crippen LogP contribution is 2.32. The van der Waals surface area contributed by atoms with E-state index in [1.807, 2.05) is 12.1 Å². The Morgan fingerprint density at radius 1 is 1.29 bits per heavy atom. The van der Waals surface area contributed by atoms with Crippen molar-refractivity contribution in [2.75, 3.05) is 20.5 Å². The molecule has 0 unspecified atom stereocenters. The minimum atomic E-state index is -0.593. The van der Waals surface area contributed by atoms with Crippen molar-refractivity contribution in [3.05, 3.63) is 82.8 Å². The molecule has 2 aromatic carbocycles. The number of nitro benzene ring substituents is 1. The Morgan fingerprint density at radius 2 is 2.06 bits per heavy atom. The van der Waals surface area contributed by atoms with E-state index in [0.29, 0.717) is 31.8 Å². The summed E-state index contributed by atoms with van der Waals surface area (Å²) in [5.41, 5.74) is 1.23. The average Bonchev–Trinajstić information content (AvgIpc) is 3.13. The molecule has 0 saturated carbocycles. The molecule has 1 aromatic heterocycles. The number of nitro groups is 1. The Morgan fingerprint density at radius 3 is 2.74 bits per heavy atom. The van der Waals surface area contributed by atoms with Gasteiger partial charge in [0.1, 0.15) is 16.2 Å². The van der Waals surface area contributed by atoms with Crippen LogP contribution in [0.4, 0.5) is 5.69 Å². The molecule has 0 amide bonds. The van der Waals surface area contributed by atoms with Crippen LogP contribution in [0.3, 0.4) is 0 Å². The Labute approximate surface area is 203 Å². The standard InChI is InChI=1S/C24H22N2O8S/c1-3-33-22(27)11-21-25(24(28)20(35-21)8-15-4-6-19(31-2)7-5-15)12-16-9-18(26(29)30)10-17-13-32-14-34-23(16)17/h4-11H,3,12-14H2,1-2H3/b20-8-,21-11-. The van der Waals surface area contributed by atoms with Gasteiger partial charge in [-0.25, -0.2) is 4.79 Å². The fraction of sp³-hybridized carbons (Fsp3) is 0.250. The summed E-state index contributed by atoms with van der Waals surface area (Å²) in [6.45, 7) is 1.98. The molecule has 4 rings (SSSR count). The molecule has 3 aromatic rings. The topological polar surface area (TPSA) is 119 Å². The van der Waals surface area contributed by atoms with Gasteiger partial charge >= 0.3 is 5.97 Å². The first-order valence-electron chi connectivity index (χ1n) is 10.6. The number of carbonyl (C=O) groups excluding carboxylic acids is 1. The van der Waals surface area contributed by atoms with Crippen molar-refractivity contribution in [1.82, 2.24) is 4.57 Å². The number of hydrogen-bond donors (Lipinski definition) is 0. The molecule has 2 heterocycles. The quantitative estimate of drug-likeness (QED) is 0.275. The lowest BCUT2D eigenvalue weighted by atomic mass is 10.1. The highest BCUT2D eigenvalue weighted by molar-refractivity contribution is 7.07. The third-order valence-electron chi connectivity index (χ3n) is 5.19. The monoisotopic (exact) mass is 498 g/mol. The first kappa shape index (κ1) is 24.2. The van der Waals surface area contributed by atoms with Gasteiger partial charge in [-0.3, -0.25) is 19.5 Å². The number of hydrogen-bond acceptors (Lipinski definition) is 9. The van der Waals surface area contributed by atoms with Crippen LogP contribution in [-0.2, 0) is 27.4 Å². The van der Waals surface area contributed by atoms with Crippen LogP contribution in [0.15, 0.2) is 41.2 Å². The molecule has 11 heteroatoms. The van der Waals surface area contributed by atoms with E-state index in [9.17, 15) is 19.7 Å². The van der Waals surface area contributed by atoms with E-state index in [1.54, 1.807) is 32.2 Å². The second kappa shape index (κ2) is 10.5. The molecule has 0 atom stereocenters. The molecule has 35 heavy (non-hydrogen) atoms. The number of non-ortho nitro benzene ring substituents is 1. The van der Waals surface area contributed by atoms with Crippen molar-refractivity contribution in [2.24, 2.45) is 0 Å². The molecule has 1 aliphatic rings. The first-order chi connectivity index (χ1) is 16.9. The summed E-state index contributed by atoms with van der Waals surface area (Å²) in [4.78, 5) is 36.6.